The highest BCUT2D eigenvalue weighted by Crippen LogP contribution is 2.56. The maximum atomic E-state index is 13.0. The lowest BCUT2D eigenvalue weighted by atomic mass is 9.80. The molecule has 189 valence electrons. The Kier molecular flexibility index (Phi) is 7.99. The number of ether oxygens (including phenoxy) is 1. The molecule has 1 aliphatic heterocycles. The Morgan fingerprint density at radius 3 is 1.56 bits per heavy atom. The monoisotopic (exact) mass is 503 g/mol. The van der Waals surface area contributed by atoms with Crippen LogP contribution in [0, 0.1) is 0 Å². The molecule has 0 bridgehead atoms. The maximum absolute atomic E-state index is 13.0. The van der Waals surface area contributed by atoms with E-state index in [1.807, 2.05) is 27.7 Å². The average molecular weight is 504 g/mol. The second-order valence-corrected chi connectivity index (χ2v) is 14.7. The summed E-state index contributed by atoms with van der Waals surface area (Å²) < 4.78 is 5.95. The summed E-state index contributed by atoms with van der Waals surface area (Å²) in [5.74, 6) is -0.168. The Labute approximate surface area is 216 Å². The van der Waals surface area contributed by atoms with Crippen molar-refractivity contribution in [3.63, 3.8) is 0 Å². The normalized spacial score (nSPS) is 18.0. The minimum Gasteiger partial charge on any atom is -0.462 e. The third-order valence-corrected chi connectivity index (χ3v) is 11.8. The van der Waals surface area contributed by atoms with Gasteiger partial charge in [0.1, 0.15) is 29.3 Å². The lowest BCUT2D eigenvalue weighted by molar-refractivity contribution is -0.299. The second kappa shape index (κ2) is 10.8. The smallest absolute Gasteiger partial charge is 0.306 e. The molecule has 0 aromatic heterocycles. The molecule has 0 spiro atoms. The summed E-state index contributed by atoms with van der Waals surface area (Å²) in [6.07, 6.45) is 2.87. The van der Waals surface area contributed by atoms with Crippen LogP contribution in [-0.4, -0.2) is 34.4 Å². The number of benzene rings is 3. The first-order valence-corrected chi connectivity index (χ1v) is 14.8. The molecule has 0 amide bonds. The largest absolute Gasteiger partial charge is 0.462 e. The molecule has 0 N–H and O–H groups in total. The van der Waals surface area contributed by atoms with E-state index in [1.54, 1.807) is 0 Å². The molecule has 36 heavy (non-hydrogen) atoms. The highest BCUT2D eigenvalue weighted by Gasteiger charge is 2.48. The number of carbonyl (C=O) groups excluding carboxylic acids is 1. The second-order valence-electron chi connectivity index (χ2n) is 11.1. The van der Waals surface area contributed by atoms with Crippen LogP contribution in [0.2, 0.25) is 0 Å². The van der Waals surface area contributed by atoms with E-state index in [2.05, 4.69) is 91.0 Å². The molecule has 0 saturated carbocycles. The summed E-state index contributed by atoms with van der Waals surface area (Å²) in [5.41, 5.74) is -1.11. The zero-order chi connectivity index (χ0) is 25.8. The summed E-state index contributed by atoms with van der Waals surface area (Å²) >= 11 is 0. The van der Waals surface area contributed by atoms with Crippen LogP contribution in [-0.2, 0) is 14.7 Å². The summed E-state index contributed by atoms with van der Waals surface area (Å²) in [4.78, 5) is 13.0. The van der Waals surface area contributed by atoms with Gasteiger partial charge in [0.15, 0.2) is 0 Å². The number of hydrogen-bond acceptors (Lipinski definition) is 3. The van der Waals surface area contributed by atoms with Gasteiger partial charge in [0, 0.05) is 30.3 Å². The van der Waals surface area contributed by atoms with Crippen LogP contribution in [0.5, 0.6) is 0 Å². The van der Waals surface area contributed by atoms with Crippen molar-refractivity contribution in [1.29, 1.82) is 0 Å². The zero-order valence-corrected chi connectivity index (χ0v) is 22.8. The zero-order valence-electron chi connectivity index (χ0n) is 21.9. The lowest BCUT2D eigenvalue weighted by Crippen LogP contribution is -2.60. The van der Waals surface area contributed by atoms with Crippen molar-refractivity contribution in [2.75, 3.05) is 6.16 Å². The molecule has 1 fully saturated rings. The lowest BCUT2D eigenvalue weighted by Gasteiger charge is -2.49. The molecule has 1 saturated heterocycles. The molecule has 1 radical (unpaired) electrons. The van der Waals surface area contributed by atoms with Crippen LogP contribution in [0.4, 0.5) is 0 Å². The number of carbonyl (C=O) groups is 1. The molecular formula is C31H38NO3P+. The molecule has 0 aliphatic carbocycles. The SMILES string of the molecule is CC1(C)CC(OC(=O)CCC[P+](c2ccccc2)(c2ccccc2)c2ccccc2)CC(C)(C)N1[O]. The minimum absolute atomic E-state index is 0.168. The van der Waals surface area contributed by atoms with Gasteiger partial charge in [0.25, 0.3) is 0 Å². The molecule has 0 unspecified atom stereocenters. The Bertz CT molecular complexity index is 1020. The number of rotatable bonds is 8. The fourth-order valence-corrected chi connectivity index (χ4v) is 10.2. The van der Waals surface area contributed by atoms with Gasteiger partial charge in [-0.05, 0) is 70.5 Å². The van der Waals surface area contributed by atoms with Gasteiger partial charge in [-0.15, -0.1) is 10.3 Å². The van der Waals surface area contributed by atoms with Crippen molar-refractivity contribution in [3.05, 3.63) is 91.0 Å². The van der Waals surface area contributed by atoms with Gasteiger partial charge >= 0.3 is 5.97 Å². The number of piperidine rings is 1. The van der Waals surface area contributed by atoms with E-state index in [4.69, 9.17) is 4.74 Å². The Morgan fingerprint density at radius 2 is 1.17 bits per heavy atom. The van der Waals surface area contributed by atoms with E-state index >= 15 is 0 Å². The van der Waals surface area contributed by atoms with Gasteiger partial charge in [-0.25, -0.2) is 0 Å². The predicted octanol–water partition coefficient (Wildman–Crippen LogP) is 5.67. The fraction of sp³-hybridized carbons (Fsp3) is 0.387. The number of hydrogen-bond donors (Lipinski definition) is 0. The molecule has 1 aliphatic rings. The first-order valence-electron chi connectivity index (χ1n) is 12.9. The first kappa shape index (κ1) is 26.5. The predicted molar refractivity (Wildman–Crippen MR) is 149 cm³/mol. The van der Waals surface area contributed by atoms with E-state index in [9.17, 15) is 10.0 Å². The molecule has 4 rings (SSSR count). The van der Waals surface area contributed by atoms with Crippen molar-refractivity contribution in [2.45, 2.75) is 70.6 Å². The molecule has 1 heterocycles. The van der Waals surface area contributed by atoms with Gasteiger partial charge < -0.3 is 4.74 Å². The van der Waals surface area contributed by atoms with E-state index in [1.165, 1.54) is 21.0 Å². The molecule has 4 nitrogen and oxygen atoms in total. The Hall–Kier alpha value is -2.52. The molecule has 0 atom stereocenters. The van der Waals surface area contributed by atoms with Crippen molar-refractivity contribution >= 4 is 29.1 Å². The minimum atomic E-state index is -1.96. The first-order chi connectivity index (χ1) is 17.1. The van der Waals surface area contributed by atoms with E-state index in [0.717, 1.165) is 12.6 Å². The van der Waals surface area contributed by atoms with Crippen LogP contribution in [0.15, 0.2) is 91.0 Å². The van der Waals surface area contributed by atoms with E-state index in [-0.39, 0.29) is 12.1 Å². The van der Waals surface area contributed by atoms with Gasteiger partial charge in [0.2, 0.25) is 0 Å². The number of hydroxylamine groups is 2. The average Bonchev–Trinajstić information content (AvgIpc) is 2.86. The topological polar surface area (TPSA) is 49.4 Å². The molecule has 3 aromatic rings. The highest BCUT2D eigenvalue weighted by atomic mass is 31.2. The van der Waals surface area contributed by atoms with Crippen LogP contribution in [0.25, 0.3) is 0 Å². The summed E-state index contributed by atoms with van der Waals surface area (Å²) in [6.45, 7) is 7.72. The van der Waals surface area contributed by atoms with Crippen molar-refractivity contribution in [1.82, 2.24) is 5.06 Å². The van der Waals surface area contributed by atoms with Gasteiger partial charge in [-0.2, -0.15) is 0 Å². The van der Waals surface area contributed by atoms with Crippen molar-refractivity contribution in [3.8, 4) is 0 Å². The summed E-state index contributed by atoms with van der Waals surface area (Å²) in [6, 6.07) is 32.2. The third-order valence-electron chi connectivity index (χ3n) is 7.32. The Morgan fingerprint density at radius 1 is 0.778 bits per heavy atom. The van der Waals surface area contributed by atoms with Gasteiger partial charge in [0.05, 0.1) is 6.16 Å². The summed E-state index contributed by atoms with van der Waals surface area (Å²) in [7, 11) is -1.96. The van der Waals surface area contributed by atoms with E-state index in [0.29, 0.717) is 19.3 Å². The third kappa shape index (κ3) is 5.57. The quantitative estimate of drug-likeness (QED) is 0.294. The van der Waals surface area contributed by atoms with Crippen LogP contribution >= 0.6 is 7.26 Å². The molecule has 3 aromatic carbocycles. The van der Waals surface area contributed by atoms with Crippen molar-refractivity contribution in [2.24, 2.45) is 0 Å². The van der Waals surface area contributed by atoms with Gasteiger partial charge in [-0.1, -0.05) is 54.6 Å². The Balaban J connectivity index is 1.55. The maximum Gasteiger partial charge on any atom is 0.306 e. The standard InChI is InChI=1S/C31H38NO3P/c1-30(2)23-25(24-31(3,4)32(30)34)35-29(33)21-14-22-36(26-15-8-5-9-16-26,27-17-10-6-11-18-27)28-19-12-7-13-20-28/h5-13,15-20,25H,14,21-24H2,1-4H3/q+1. The molecular weight excluding hydrogens is 465 g/mol. The highest BCUT2D eigenvalue weighted by molar-refractivity contribution is 7.95. The van der Waals surface area contributed by atoms with Crippen LogP contribution < -0.4 is 15.9 Å². The van der Waals surface area contributed by atoms with Gasteiger partial charge in [-0.3, -0.25) is 4.79 Å². The number of esters is 1. The van der Waals surface area contributed by atoms with Crippen LogP contribution in [0.3, 0.4) is 0 Å². The summed E-state index contributed by atoms with van der Waals surface area (Å²) in [5, 5.41) is 17.8. The van der Waals surface area contributed by atoms with Crippen LogP contribution in [0.1, 0.15) is 53.4 Å². The fourth-order valence-electron chi connectivity index (χ4n) is 5.84. The number of nitrogens with zero attached hydrogens (tertiary/aromatic N) is 1. The van der Waals surface area contributed by atoms with Crippen molar-refractivity contribution < 1.29 is 14.7 Å². The van der Waals surface area contributed by atoms with E-state index < -0.39 is 18.3 Å². The molecule has 5 heteroatoms.